The van der Waals surface area contributed by atoms with Crippen LogP contribution in [0.4, 0.5) is 5.69 Å². The van der Waals surface area contributed by atoms with Crippen LogP contribution in [0.3, 0.4) is 0 Å². The highest BCUT2D eigenvalue weighted by Crippen LogP contribution is 2.29. The van der Waals surface area contributed by atoms with Crippen LogP contribution in [0.2, 0.25) is 0 Å². The second-order valence-corrected chi connectivity index (χ2v) is 10.1. The Hall–Kier alpha value is -2.05. The van der Waals surface area contributed by atoms with Gasteiger partial charge in [-0.2, -0.15) is 0 Å². The summed E-state index contributed by atoms with van der Waals surface area (Å²) < 4.78 is 34.5. The van der Waals surface area contributed by atoms with E-state index in [2.05, 4.69) is 5.32 Å². The summed E-state index contributed by atoms with van der Waals surface area (Å²) in [6.45, 7) is 10.4. The Balaban J connectivity index is 1.87. The summed E-state index contributed by atoms with van der Waals surface area (Å²) in [7, 11) is -3.67. The van der Waals surface area contributed by atoms with E-state index in [0.29, 0.717) is 6.54 Å². The van der Waals surface area contributed by atoms with E-state index in [1.54, 1.807) is 24.3 Å². The molecule has 1 aliphatic rings. The molecule has 5 nitrogen and oxygen atoms in total. The molecule has 2 aromatic carbocycles. The van der Waals surface area contributed by atoms with Crippen LogP contribution in [0.5, 0.6) is 5.75 Å². The van der Waals surface area contributed by atoms with Crippen molar-refractivity contribution in [2.24, 2.45) is 5.92 Å². The lowest BCUT2D eigenvalue weighted by atomic mass is 10.1. The topological polar surface area (TPSA) is 58.6 Å². The van der Waals surface area contributed by atoms with Gasteiger partial charge in [-0.25, -0.2) is 8.42 Å². The predicted octanol–water partition coefficient (Wildman–Crippen LogP) is 4.29. The Morgan fingerprint density at radius 3 is 2.31 bits per heavy atom. The zero-order valence-electron chi connectivity index (χ0n) is 17.8. The summed E-state index contributed by atoms with van der Waals surface area (Å²) in [5.41, 5.74) is 2.81. The maximum absolute atomic E-state index is 13.5. The van der Waals surface area contributed by atoms with Gasteiger partial charge >= 0.3 is 0 Å². The van der Waals surface area contributed by atoms with E-state index < -0.39 is 10.0 Å². The summed E-state index contributed by atoms with van der Waals surface area (Å²) >= 11 is 0. The number of piperidine rings is 1. The summed E-state index contributed by atoms with van der Waals surface area (Å²) in [4.78, 5) is 0.288. The van der Waals surface area contributed by atoms with Crippen molar-refractivity contribution in [1.82, 2.24) is 5.32 Å². The average Bonchev–Trinajstić information content (AvgIpc) is 2.68. The fourth-order valence-corrected chi connectivity index (χ4v) is 5.36. The fraction of sp³-hybridized carbons (Fsp3) is 0.478. The minimum Gasteiger partial charge on any atom is -0.490 e. The Bertz CT molecular complexity index is 918. The van der Waals surface area contributed by atoms with E-state index in [4.69, 9.17) is 4.74 Å². The molecule has 0 aliphatic carbocycles. The van der Waals surface area contributed by atoms with Gasteiger partial charge in [0.1, 0.15) is 11.9 Å². The first kappa shape index (κ1) is 21.7. The number of sulfonamides is 1. The molecule has 2 aromatic rings. The molecular weight excluding hydrogens is 384 g/mol. The van der Waals surface area contributed by atoms with Gasteiger partial charge in [0, 0.05) is 6.54 Å². The van der Waals surface area contributed by atoms with Crippen LogP contribution in [0.15, 0.2) is 47.4 Å². The van der Waals surface area contributed by atoms with E-state index in [-0.39, 0.29) is 16.9 Å². The average molecular weight is 417 g/mol. The Morgan fingerprint density at radius 1 is 1.07 bits per heavy atom. The third-order valence-corrected chi connectivity index (χ3v) is 6.95. The molecule has 0 atom stereocenters. The van der Waals surface area contributed by atoms with Crippen LogP contribution in [-0.4, -0.2) is 34.2 Å². The second-order valence-electron chi connectivity index (χ2n) is 8.26. The molecule has 29 heavy (non-hydrogen) atoms. The van der Waals surface area contributed by atoms with Gasteiger partial charge in [-0.05, 0) is 81.6 Å². The number of rotatable bonds is 7. The normalized spacial score (nSPS) is 15.5. The van der Waals surface area contributed by atoms with Crippen LogP contribution in [0, 0.1) is 19.8 Å². The lowest BCUT2D eigenvalue weighted by molar-refractivity contribution is 0.162. The maximum Gasteiger partial charge on any atom is 0.264 e. The van der Waals surface area contributed by atoms with Gasteiger partial charge < -0.3 is 10.1 Å². The molecule has 0 aromatic heterocycles. The highest BCUT2D eigenvalue weighted by atomic mass is 32.2. The van der Waals surface area contributed by atoms with Crippen molar-refractivity contribution in [2.45, 2.75) is 51.5 Å². The molecular formula is C23H32N2O3S. The molecule has 1 fully saturated rings. The zero-order chi connectivity index (χ0) is 21.0. The van der Waals surface area contributed by atoms with Gasteiger partial charge in [0.25, 0.3) is 10.0 Å². The summed E-state index contributed by atoms with van der Waals surface area (Å²) in [5, 5.41) is 3.32. The molecule has 0 amide bonds. The van der Waals surface area contributed by atoms with Crippen molar-refractivity contribution in [3.05, 3.63) is 53.6 Å². The molecule has 1 N–H and O–H groups in total. The first-order valence-electron chi connectivity index (χ1n) is 10.3. The van der Waals surface area contributed by atoms with E-state index in [0.717, 1.165) is 48.5 Å². The Kier molecular flexibility index (Phi) is 6.85. The quantitative estimate of drug-likeness (QED) is 0.732. The number of hydrogen-bond donors (Lipinski definition) is 1. The number of nitrogens with zero attached hydrogens (tertiary/aromatic N) is 1. The number of nitrogens with one attached hydrogen (secondary N) is 1. The van der Waals surface area contributed by atoms with E-state index in [9.17, 15) is 8.42 Å². The number of anilines is 1. The minimum absolute atomic E-state index is 0.186. The standard InChI is InChI=1S/C23H32N2O3S/c1-17(2)16-25(23-10-5-18(3)15-19(23)4)29(26,27)22-8-6-20(7-9-22)28-21-11-13-24-14-12-21/h5-10,15,17,21,24H,11-14,16H2,1-4H3. The number of benzene rings is 2. The predicted molar refractivity (Wildman–Crippen MR) is 118 cm³/mol. The fourth-order valence-electron chi connectivity index (χ4n) is 3.67. The molecule has 0 saturated carbocycles. The third-order valence-electron chi connectivity index (χ3n) is 5.15. The van der Waals surface area contributed by atoms with Gasteiger partial charge in [-0.1, -0.05) is 31.5 Å². The van der Waals surface area contributed by atoms with Gasteiger partial charge in [0.05, 0.1) is 10.6 Å². The second kappa shape index (κ2) is 9.18. The molecule has 0 spiro atoms. The molecule has 158 valence electrons. The molecule has 1 aliphatic heterocycles. The van der Waals surface area contributed by atoms with Crippen LogP contribution in [-0.2, 0) is 10.0 Å². The van der Waals surface area contributed by atoms with Crippen molar-refractivity contribution in [3.63, 3.8) is 0 Å². The van der Waals surface area contributed by atoms with Crippen LogP contribution in [0.1, 0.15) is 37.8 Å². The Labute approximate surface area is 175 Å². The first-order valence-corrected chi connectivity index (χ1v) is 11.8. The van der Waals surface area contributed by atoms with Gasteiger partial charge in [-0.3, -0.25) is 4.31 Å². The highest BCUT2D eigenvalue weighted by molar-refractivity contribution is 7.92. The monoisotopic (exact) mass is 416 g/mol. The van der Waals surface area contributed by atoms with E-state index in [1.165, 1.54) is 4.31 Å². The van der Waals surface area contributed by atoms with Crippen molar-refractivity contribution < 1.29 is 13.2 Å². The van der Waals surface area contributed by atoms with Crippen LogP contribution < -0.4 is 14.4 Å². The molecule has 1 saturated heterocycles. The number of hydrogen-bond acceptors (Lipinski definition) is 4. The summed E-state index contributed by atoms with van der Waals surface area (Å²) in [6.07, 6.45) is 2.12. The first-order chi connectivity index (χ1) is 13.8. The minimum atomic E-state index is -3.67. The molecule has 0 radical (unpaired) electrons. The van der Waals surface area contributed by atoms with Crippen molar-refractivity contribution >= 4 is 15.7 Å². The van der Waals surface area contributed by atoms with Gasteiger partial charge in [0.2, 0.25) is 0 Å². The summed E-state index contributed by atoms with van der Waals surface area (Å²) in [6, 6.07) is 12.7. The molecule has 0 unspecified atom stereocenters. The molecule has 1 heterocycles. The van der Waals surface area contributed by atoms with E-state index >= 15 is 0 Å². The van der Waals surface area contributed by atoms with Crippen LogP contribution in [0.25, 0.3) is 0 Å². The van der Waals surface area contributed by atoms with Gasteiger partial charge in [-0.15, -0.1) is 0 Å². The highest BCUT2D eigenvalue weighted by Gasteiger charge is 2.27. The SMILES string of the molecule is Cc1ccc(N(CC(C)C)S(=O)(=O)c2ccc(OC3CCNCC3)cc2)c(C)c1. The van der Waals surface area contributed by atoms with Crippen molar-refractivity contribution in [3.8, 4) is 5.75 Å². The zero-order valence-corrected chi connectivity index (χ0v) is 18.6. The smallest absolute Gasteiger partial charge is 0.264 e. The maximum atomic E-state index is 13.5. The molecule has 6 heteroatoms. The van der Waals surface area contributed by atoms with Crippen molar-refractivity contribution in [1.29, 1.82) is 0 Å². The molecule has 0 bridgehead atoms. The number of aryl methyl sites for hydroxylation is 2. The summed E-state index contributed by atoms with van der Waals surface area (Å²) in [5.74, 6) is 0.922. The van der Waals surface area contributed by atoms with Crippen LogP contribution >= 0.6 is 0 Å². The van der Waals surface area contributed by atoms with Crippen molar-refractivity contribution in [2.75, 3.05) is 23.9 Å². The van der Waals surface area contributed by atoms with E-state index in [1.807, 2.05) is 45.9 Å². The number of ether oxygens (including phenoxy) is 1. The Morgan fingerprint density at radius 2 is 1.72 bits per heavy atom. The van der Waals surface area contributed by atoms with Gasteiger partial charge in [0.15, 0.2) is 0 Å². The lowest BCUT2D eigenvalue weighted by Crippen LogP contribution is -2.35. The largest absolute Gasteiger partial charge is 0.490 e. The molecule has 3 rings (SSSR count). The lowest BCUT2D eigenvalue weighted by Gasteiger charge is -2.28. The third kappa shape index (κ3) is 5.31.